The van der Waals surface area contributed by atoms with Gasteiger partial charge in [0.05, 0.1) is 33.2 Å². The topological polar surface area (TPSA) is 59.0 Å². The van der Waals surface area contributed by atoms with Crippen molar-refractivity contribution in [1.82, 2.24) is 15.0 Å². The molecule has 3 heterocycles. The molecule has 0 fully saturated rings. The van der Waals surface area contributed by atoms with E-state index in [-0.39, 0.29) is 5.91 Å². The molecule has 4 rings (SSSR count). The lowest BCUT2D eigenvalue weighted by Gasteiger charge is -2.19. The third-order valence-corrected chi connectivity index (χ3v) is 6.57. The fraction of sp³-hybridized carbons (Fsp3) is 0.238. The highest BCUT2D eigenvalue weighted by molar-refractivity contribution is 7.22. The summed E-state index contributed by atoms with van der Waals surface area (Å²) in [6.45, 7) is 6.30. The number of hydrogen-bond donors (Lipinski definition) is 0. The van der Waals surface area contributed by atoms with Crippen molar-refractivity contribution < 1.29 is 4.79 Å². The van der Waals surface area contributed by atoms with Crippen LogP contribution in [-0.4, -0.2) is 20.9 Å². The minimum Gasteiger partial charge on any atom is -0.277 e. The molecule has 5 nitrogen and oxygen atoms in total. The van der Waals surface area contributed by atoms with Crippen LogP contribution < -0.4 is 4.90 Å². The lowest BCUT2D eigenvalue weighted by atomic mass is 10.2. The molecule has 0 radical (unpaired) electrons. The van der Waals surface area contributed by atoms with Crippen LogP contribution in [0.25, 0.3) is 10.2 Å². The minimum absolute atomic E-state index is 0.0801. The van der Waals surface area contributed by atoms with Gasteiger partial charge in [0.1, 0.15) is 4.88 Å². The van der Waals surface area contributed by atoms with Crippen LogP contribution in [0.1, 0.15) is 38.6 Å². The summed E-state index contributed by atoms with van der Waals surface area (Å²) in [5.74, 6) is -0.0801. The molecule has 0 saturated carbocycles. The number of amides is 1. The summed E-state index contributed by atoms with van der Waals surface area (Å²) >= 11 is 2.96. The fourth-order valence-corrected chi connectivity index (χ4v) is 4.92. The van der Waals surface area contributed by atoms with Gasteiger partial charge in [0.2, 0.25) is 0 Å². The number of carbonyl (C=O) groups excluding carboxylic acids is 1. The van der Waals surface area contributed by atoms with E-state index in [0.717, 1.165) is 33.0 Å². The van der Waals surface area contributed by atoms with Gasteiger partial charge in [-0.15, -0.1) is 11.3 Å². The van der Waals surface area contributed by atoms with Gasteiger partial charge in [-0.25, -0.2) is 9.97 Å². The second-order valence-corrected chi connectivity index (χ2v) is 8.72. The Morgan fingerprint density at radius 1 is 1.11 bits per heavy atom. The molecule has 0 aliphatic rings. The molecule has 0 saturated heterocycles. The van der Waals surface area contributed by atoms with E-state index in [2.05, 4.69) is 29.0 Å². The van der Waals surface area contributed by atoms with Crippen LogP contribution in [0.4, 0.5) is 5.13 Å². The summed E-state index contributed by atoms with van der Waals surface area (Å²) in [6.07, 6.45) is 2.71. The van der Waals surface area contributed by atoms with Crippen molar-refractivity contribution in [3.63, 3.8) is 0 Å². The summed E-state index contributed by atoms with van der Waals surface area (Å²) < 4.78 is 1.09. The SMILES string of the molecule is CCc1ccc2nc(N(Cc3ccccn3)C(=O)c3sc(C)nc3C)sc2c1. The van der Waals surface area contributed by atoms with Crippen LogP contribution >= 0.6 is 22.7 Å². The number of nitrogens with zero attached hydrogens (tertiary/aromatic N) is 4. The summed E-state index contributed by atoms with van der Waals surface area (Å²) in [5, 5.41) is 1.57. The first-order chi connectivity index (χ1) is 13.5. The maximum absolute atomic E-state index is 13.4. The number of fused-ring (bicyclic) bond motifs is 1. The highest BCUT2D eigenvalue weighted by Gasteiger charge is 2.25. The number of hydrogen-bond acceptors (Lipinski definition) is 6. The Balaban J connectivity index is 1.78. The van der Waals surface area contributed by atoms with Gasteiger partial charge in [-0.05, 0) is 50.1 Å². The largest absolute Gasteiger partial charge is 0.277 e. The van der Waals surface area contributed by atoms with Crippen molar-refractivity contribution in [2.24, 2.45) is 0 Å². The summed E-state index contributed by atoms with van der Waals surface area (Å²) in [7, 11) is 0. The van der Waals surface area contributed by atoms with E-state index in [9.17, 15) is 4.79 Å². The van der Waals surface area contributed by atoms with E-state index in [0.29, 0.717) is 16.6 Å². The van der Waals surface area contributed by atoms with Gasteiger partial charge in [0.15, 0.2) is 5.13 Å². The average Bonchev–Trinajstić information content (AvgIpc) is 3.27. The number of carbonyl (C=O) groups is 1. The van der Waals surface area contributed by atoms with Crippen LogP contribution in [0, 0.1) is 13.8 Å². The van der Waals surface area contributed by atoms with E-state index in [1.54, 1.807) is 22.4 Å². The molecule has 0 unspecified atom stereocenters. The standard InChI is InChI=1S/C21H20N4OS2/c1-4-15-8-9-17-18(11-15)28-21(24-17)25(12-16-7-5-6-10-22-16)20(26)19-13(2)23-14(3)27-19/h5-11H,4,12H2,1-3H3. The Labute approximate surface area is 171 Å². The molecule has 0 atom stereocenters. The van der Waals surface area contributed by atoms with E-state index >= 15 is 0 Å². The third kappa shape index (κ3) is 3.68. The Morgan fingerprint density at radius 2 is 1.96 bits per heavy atom. The maximum Gasteiger partial charge on any atom is 0.272 e. The highest BCUT2D eigenvalue weighted by atomic mass is 32.1. The van der Waals surface area contributed by atoms with Gasteiger partial charge in [0, 0.05) is 6.20 Å². The molecule has 1 amide bonds. The van der Waals surface area contributed by atoms with Crippen molar-refractivity contribution in [2.45, 2.75) is 33.7 Å². The van der Waals surface area contributed by atoms with E-state index < -0.39 is 0 Å². The minimum atomic E-state index is -0.0801. The number of rotatable bonds is 5. The predicted octanol–water partition coefficient (Wildman–Crippen LogP) is 5.17. The molecule has 3 aromatic heterocycles. The molecule has 0 aliphatic heterocycles. The fourth-order valence-electron chi connectivity index (χ4n) is 3.02. The van der Waals surface area contributed by atoms with Gasteiger partial charge in [-0.3, -0.25) is 14.7 Å². The van der Waals surface area contributed by atoms with Crippen molar-refractivity contribution in [3.8, 4) is 0 Å². The van der Waals surface area contributed by atoms with Crippen LogP contribution in [0.3, 0.4) is 0 Å². The smallest absolute Gasteiger partial charge is 0.272 e. The summed E-state index contributed by atoms with van der Waals surface area (Å²) in [6, 6.07) is 12.0. The summed E-state index contributed by atoms with van der Waals surface area (Å²) in [4.78, 5) is 29.4. The predicted molar refractivity (Wildman–Crippen MR) is 115 cm³/mol. The number of thiazole rings is 2. The number of benzene rings is 1. The molecular formula is C21H20N4OS2. The van der Waals surface area contributed by atoms with Gasteiger partial charge < -0.3 is 0 Å². The lowest BCUT2D eigenvalue weighted by Crippen LogP contribution is -2.30. The molecule has 0 N–H and O–H groups in total. The van der Waals surface area contributed by atoms with E-state index in [1.807, 2.05) is 38.1 Å². The first-order valence-electron chi connectivity index (χ1n) is 9.10. The van der Waals surface area contributed by atoms with Crippen molar-refractivity contribution in [1.29, 1.82) is 0 Å². The first-order valence-corrected chi connectivity index (χ1v) is 10.7. The zero-order chi connectivity index (χ0) is 19.7. The number of aromatic nitrogens is 3. The second-order valence-electron chi connectivity index (χ2n) is 6.51. The number of aryl methyl sites for hydroxylation is 3. The van der Waals surface area contributed by atoms with Crippen molar-refractivity contribution >= 4 is 43.9 Å². The molecule has 0 bridgehead atoms. The Kier molecular flexibility index (Phi) is 5.19. The highest BCUT2D eigenvalue weighted by Crippen LogP contribution is 2.32. The number of pyridine rings is 1. The molecular weight excluding hydrogens is 388 g/mol. The summed E-state index contributed by atoms with van der Waals surface area (Å²) in [5.41, 5.74) is 3.75. The van der Waals surface area contributed by atoms with Gasteiger partial charge in [0.25, 0.3) is 5.91 Å². The second kappa shape index (κ2) is 7.77. The van der Waals surface area contributed by atoms with Crippen molar-refractivity contribution in [2.75, 3.05) is 4.90 Å². The Bertz CT molecular complexity index is 1130. The zero-order valence-electron chi connectivity index (χ0n) is 16.0. The Morgan fingerprint density at radius 3 is 2.64 bits per heavy atom. The van der Waals surface area contributed by atoms with Gasteiger partial charge in [-0.1, -0.05) is 30.4 Å². The van der Waals surface area contributed by atoms with Gasteiger partial charge in [-0.2, -0.15) is 0 Å². The van der Waals surface area contributed by atoms with Crippen LogP contribution in [0.5, 0.6) is 0 Å². The number of anilines is 1. The lowest BCUT2D eigenvalue weighted by molar-refractivity contribution is 0.0988. The quantitative estimate of drug-likeness (QED) is 0.457. The van der Waals surface area contributed by atoms with Crippen LogP contribution in [0.15, 0.2) is 42.6 Å². The van der Waals surface area contributed by atoms with Crippen LogP contribution in [-0.2, 0) is 13.0 Å². The molecule has 0 spiro atoms. The first kappa shape index (κ1) is 18.7. The molecule has 7 heteroatoms. The average molecular weight is 409 g/mol. The van der Waals surface area contributed by atoms with E-state index in [1.165, 1.54) is 16.9 Å². The monoisotopic (exact) mass is 408 g/mol. The molecule has 0 aliphatic carbocycles. The van der Waals surface area contributed by atoms with E-state index in [4.69, 9.17) is 4.98 Å². The van der Waals surface area contributed by atoms with Crippen molar-refractivity contribution in [3.05, 3.63) is 69.4 Å². The Hall–Kier alpha value is -2.64. The third-order valence-electron chi connectivity index (χ3n) is 4.47. The van der Waals surface area contributed by atoms with Crippen LogP contribution in [0.2, 0.25) is 0 Å². The van der Waals surface area contributed by atoms with Gasteiger partial charge >= 0.3 is 0 Å². The maximum atomic E-state index is 13.4. The zero-order valence-corrected chi connectivity index (χ0v) is 17.6. The molecule has 4 aromatic rings. The molecule has 1 aromatic carbocycles. The molecule has 142 valence electrons. The molecule has 28 heavy (non-hydrogen) atoms. The normalized spacial score (nSPS) is 11.1.